The fourth-order valence-corrected chi connectivity index (χ4v) is 6.53. The van der Waals surface area contributed by atoms with E-state index < -0.39 is 21.5 Å². The van der Waals surface area contributed by atoms with Gasteiger partial charge in [0.2, 0.25) is 0 Å². The van der Waals surface area contributed by atoms with Crippen LogP contribution in [0.3, 0.4) is 0 Å². The number of thioether (sulfide) groups is 1. The molecule has 2 aromatic rings. The number of nitrogens with zero attached hydrogens (tertiary/aromatic N) is 2. The Morgan fingerprint density at radius 2 is 1.97 bits per heavy atom. The van der Waals surface area contributed by atoms with Crippen LogP contribution >= 0.6 is 23.4 Å². The van der Waals surface area contributed by atoms with Crippen molar-refractivity contribution in [2.45, 2.75) is 60.5 Å². The standard InChI is InChI=1S/C27H34ClFN4O4S2/c1-27(12-5-4-6-14-37-27)26(34)32-39(35,36)23-15-19(17-30)25(24(28)16-23)31-21(11-13-33(2)3)18-38-22-9-7-20(29)8-10-22/h7-10,15-16,21,31H,4-6,11-14,18H2,1-3H3,(H,32,34)/t21-,27+/m1/s1. The Hall–Kier alpha value is -2.36. The van der Waals surface area contributed by atoms with E-state index in [2.05, 4.69) is 10.0 Å². The van der Waals surface area contributed by atoms with Crippen molar-refractivity contribution in [1.29, 1.82) is 5.26 Å². The van der Waals surface area contributed by atoms with Crippen LogP contribution in [0.15, 0.2) is 46.2 Å². The normalized spacial score (nSPS) is 18.7. The Labute approximate surface area is 239 Å². The van der Waals surface area contributed by atoms with Gasteiger partial charge in [-0.2, -0.15) is 5.26 Å². The highest BCUT2D eigenvalue weighted by Crippen LogP contribution is 2.32. The highest BCUT2D eigenvalue weighted by Gasteiger charge is 2.37. The Bertz CT molecular complexity index is 1290. The van der Waals surface area contributed by atoms with Crippen LogP contribution < -0.4 is 10.0 Å². The summed E-state index contributed by atoms with van der Waals surface area (Å²) in [4.78, 5) is 15.5. The summed E-state index contributed by atoms with van der Waals surface area (Å²) in [6, 6.07) is 10.5. The topological polar surface area (TPSA) is 112 Å². The molecule has 1 heterocycles. The molecule has 1 saturated heterocycles. The van der Waals surface area contributed by atoms with E-state index in [-0.39, 0.29) is 27.3 Å². The van der Waals surface area contributed by atoms with Crippen LogP contribution in [0, 0.1) is 17.1 Å². The molecule has 0 aromatic heterocycles. The van der Waals surface area contributed by atoms with Crippen LogP contribution in [0.4, 0.5) is 10.1 Å². The zero-order chi connectivity index (χ0) is 28.6. The molecule has 1 fully saturated rings. The zero-order valence-electron chi connectivity index (χ0n) is 22.3. The minimum Gasteiger partial charge on any atom is -0.379 e. The number of halogens is 2. The molecule has 1 amide bonds. The van der Waals surface area contributed by atoms with Crippen molar-refractivity contribution in [3.8, 4) is 6.07 Å². The van der Waals surface area contributed by atoms with Crippen LogP contribution in [0.1, 0.15) is 44.6 Å². The number of carbonyl (C=O) groups is 1. The average molecular weight is 597 g/mol. The summed E-state index contributed by atoms with van der Waals surface area (Å²) in [5, 5.41) is 13.2. The molecule has 0 saturated carbocycles. The van der Waals surface area contributed by atoms with Gasteiger partial charge in [0, 0.05) is 23.3 Å². The lowest BCUT2D eigenvalue weighted by Gasteiger charge is -2.26. The predicted octanol–water partition coefficient (Wildman–Crippen LogP) is 5.03. The van der Waals surface area contributed by atoms with Gasteiger partial charge in [-0.05, 0) is 89.6 Å². The zero-order valence-corrected chi connectivity index (χ0v) is 24.7. The van der Waals surface area contributed by atoms with Crippen molar-refractivity contribution in [2.75, 3.05) is 38.3 Å². The molecule has 8 nitrogen and oxygen atoms in total. The summed E-state index contributed by atoms with van der Waals surface area (Å²) in [6.07, 6.45) is 3.58. The Morgan fingerprint density at radius 1 is 1.26 bits per heavy atom. The van der Waals surface area contributed by atoms with E-state index in [1.54, 1.807) is 19.1 Å². The third kappa shape index (κ3) is 8.82. The number of carbonyl (C=O) groups excluding carboxylic acids is 1. The highest BCUT2D eigenvalue weighted by atomic mass is 35.5. The number of sulfonamides is 1. The number of nitriles is 1. The molecule has 0 bridgehead atoms. The van der Waals surface area contributed by atoms with Gasteiger partial charge in [0.25, 0.3) is 15.9 Å². The third-order valence-electron chi connectivity index (χ3n) is 6.46. The maximum absolute atomic E-state index is 13.3. The van der Waals surface area contributed by atoms with E-state index >= 15 is 0 Å². The highest BCUT2D eigenvalue weighted by molar-refractivity contribution is 7.99. The molecule has 2 aromatic carbocycles. The van der Waals surface area contributed by atoms with E-state index in [1.165, 1.54) is 36.0 Å². The summed E-state index contributed by atoms with van der Waals surface area (Å²) in [5.74, 6) is -0.466. The number of rotatable bonds is 11. The van der Waals surface area contributed by atoms with E-state index in [4.69, 9.17) is 16.3 Å². The van der Waals surface area contributed by atoms with E-state index in [0.29, 0.717) is 30.9 Å². The second-order valence-corrected chi connectivity index (χ2v) is 13.1. The lowest BCUT2D eigenvalue weighted by Crippen LogP contribution is -2.48. The molecule has 2 N–H and O–H groups in total. The van der Waals surface area contributed by atoms with Gasteiger partial charge in [-0.1, -0.05) is 18.0 Å². The number of hydrogen-bond acceptors (Lipinski definition) is 8. The van der Waals surface area contributed by atoms with Crippen LogP contribution in [-0.2, 0) is 19.6 Å². The van der Waals surface area contributed by atoms with Crippen molar-refractivity contribution in [2.24, 2.45) is 0 Å². The number of hydrogen-bond donors (Lipinski definition) is 2. The lowest BCUT2D eigenvalue weighted by molar-refractivity contribution is -0.142. The van der Waals surface area contributed by atoms with E-state index in [1.807, 2.05) is 25.1 Å². The average Bonchev–Trinajstić information content (AvgIpc) is 3.12. The quantitative estimate of drug-likeness (QED) is 0.348. The minimum atomic E-state index is -4.31. The van der Waals surface area contributed by atoms with Gasteiger partial charge in [-0.15, -0.1) is 11.8 Å². The number of ether oxygens (including phenoxy) is 1. The molecule has 0 spiro atoms. The van der Waals surface area contributed by atoms with E-state index in [0.717, 1.165) is 30.7 Å². The first kappa shape index (κ1) is 31.2. The van der Waals surface area contributed by atoms with Gasteiger partial charge >= 0.3 is 0 Å². The second-order valence-electron chi connectivity index (χ2n) is 9.96. The monoisotopic (exact) mass is 596 g/mol. The Balaban J connectivity index is 1.81. The molecule has 2 atom stereocenters. The first-order chi connectivity index (χ1) is 18.4. The van der Waals surface area contributed by atoms with Crippen LogP contribution in [-0.4, -0.2) is 63.9 Å². The lowest BCUT2D eigenvalue weighted by atomic mass is 9.99. The largest absolute Gasteiger partial charge is 0.379 e. The van der Waals surface area contributed by atoms with Gasteiger partial charge < -0.3 is 15.0 Å². The molecule has 1 aliphatic heterocycles. The van der Waals surface area contributed by atoms with E-state index in [9.17, 15) is 22.9 Å². The minimum absolute atomic E-state index is 0.0360. The van der Waals surface area contributed by atoms with Gasteiger partial charge in [-0.3, -0.25) is 4.79 Å². The third-order valence-corrected chi connectivity index (χ3v) is 9.24. The summed E-state index contributed by atoms with van der Waals surface area (Å²) in [6.45, 7) is 2.71. The maximum Gasteiger partial charge on any atom is 0.265 e. The molecule has 0 unspecified atom stereocenters. The SMILES string of the molecule is CN(C)CC[C@H](CSc1ccc(F)cc1)Nc1c(Cl)cc(S(=O)(=O)NC(=O)[C@]2(C)CCCCCO2)cc1C#N. The van der Waals surface area contributed by atoms with Crippen molar-refractivity contribution in [3.05, 3.63) is 52.8 Å². The molecular formula is C27H34ClFN4O4S2. The van der Waals surface area contributed by atoms with Crippen LogP contribution in [0.25, 0.3) is 0 Å². The second kappa shape index (κ2) is 13.8. The molecule has 39 heavy (non-hydrogen) atoms. The summed E-state index contributed by atoms with van der Waals surface area (Å²) in [5.41, 5.74) is -0.907. The predicted molar refractivity (Wildman–Crippen MR) is 152 cm³/mol. The summed E-state index contributed by atoms with van der Waals surface area (Å²) < 4.78 is 47.3. The fourth-order valence-electron chi connectivity index (χ4n) is 4.09. The number of benzene rings is 2. The van der Waals surface area contributed by atoms with Crippen molar-refractivity contribution in [3.63, 3.8) is 0 Å². The molecule has 212 valence electrons. The number of amides is 1. The molecule has 3 rings (SSSR count). The molecular weight excluding hydrogens is 563 g/mol. The van der Waals surface area contributed by atoms with Crippen molar-refractivity contribution < 1.29 is 22.3 Å². The van der Waals surface area contributed by atoms with Crippen molar-refractivity contribution >= 4 is 45.0 Å². The first-order valence-electron chi connectivity index (χ1n) is 12.7. The van der Waals surface area contributed by atoms with Gasteiger partial charge in [0.1, 0.15) is 17.5 Å². The van der Waals surface area contributed by atoms with Crippen LogP contribution in [0.2, 0.25) is 5.02 Å². The fraction of sp³-hybridized carbons (Fsp3) is 0.481. The molecule has 1 aliphatic rings. The number of anilines is 1. The molecule has 12 heteroatoms. The van der Waals surface area contributed by atoms with Gasteiger partial charge in [0.05, 0.1) is 21.2 Å². The molecule has 0 aliphatic carbocycles. The smallest absolute Gasteiger partial charge is 0.265 e. The van der Waals surface area contributed by atoms with Crippen LogP contribution in [0.5, 0.6) is 0 Å². The van der Waals surface area contributed by atoms with Gasteiger partial charge in [-0.25, -0.2) is 17.5 Å². The first-order valence-corrected chi connectivity index (χ1v) is 15.5. The summed E-state index contributed by atoms with van der Waals surface area (Å²) in [7, 11) is -0.413. The van der Waals surface area contributed by atoms with Gasteiger partial charge in [0.15, 0.2) is 0 Å². The summed E-state index contributed by atoms with van der Waals surface area (Å²) >= 11 is 8.05. The molecule has 0 radical (unpaired) electrons. The number of nitrogens with one attached hydrogen (secondary N) is 2. The Kier molecular flexibility index (Phi) is 11.0. The van der Waals surface area contributed by atoms with Crippen molar-refractivity contribution in [1.82, 2.24) is 9.62 Å². The Morgan fingerprint density at radius 3 is 2.64 bits per heavy atom. The maximum atomic E-state index is 13.3.